The monoisotopic (exact) mass is 470 g/mol. The number of nitrogens with zero attached hydrogens (tertiary/aromatic N) is 1. The minimum atomic E-state index is -1.43. The van der Waals surface area contributed by atoms with Crippen LogP contribution in [0.3, 0.4) is 0 Å². The SMILES string of the molecule is CC(=O)c1cc(F)cc(F)c1.NN.O=CC(=O)O.O=c1ccc(-c2cc(F)cc(F)c2)n[nH]1. The van der Waals surface area contributed by atoms with Crippen molar-refractivity contribution in [2.75, 3.05) is 0 Å². The third kappa shape index (κ3) is 11.7. The molecule has 13 heteroatoms. The summed E-state index contributed by atoms with van der Waals surface area (Å²) in [5, 5.41) is 13.2. The lowest BCUT2D eigenvalue weighted by molar-refractivity contribution is -0.143. The van der Waals surface area contributed by atoms with Gasteiger partial charge in [-0.15, -0.1) is 0 Å². The fraction of sp³-hybridized carbons (Fsp3) is 0.0500. The second-order valence-corrected chi connectivity index (χ2v) is 5.63. The molecule has 6 N–H and O–H groups in total. The van der Waals surface area contributed by atoms with Gasteiger partial charge in [-0.3, -0.25) is 26.1 Å². The molecule has 0 saturated carbocycles. The van der Waals surface area contributed by atoms with Crippen LogP contribution in [0.2, 0.25) is 0 Å². The topological polar surface area (TPSA) is 169 Å². The highest BCUT2D eigenvalue weighted by atomic mass is 19.1. The van der Waals surface area contributed by atoms with Crippen molar-refractivity contribution >= 4 is 18.0 Å². The molecule has 1 heterocycles. The van der Waals surface area contributed by atoms with E-state index < -0.39 is 29.2 Å². The number of H-pyrrole nitrogens is 1. The summed E-state index contributed by atoms with van der Waals surface area (Å²) in [6.07, 6.45) is -0.167. The van der Waals surface area contributed by atoms with Crippen molar-refractivity contribution < 1.29 is 37.1 Å². The number of aromatic amines is 1. The predicted octanol–water partition coefficient (Wildman–Crippen LogP) is 1.97. The van der Waals surface area contributed by atoms with Crippen LogP contribution < -0.4 is 17.2 Å². The number of benzene rings is 2. The van der Waals surface area contributed by atoms with Gasteiger partial charge in [0, 0.05) is 29.3 Å². The summed E-state index contributed by atoms with van der Waals surface area (Å²) >= 11 is 0. The van der Waals surface area contributed by atoms with Crippen molar-refractivity contribution in [2.45, 2.75) is 6.92 Å². The maximum absolute atomic E-state index is 12.9. The zero-order valence-electron chi connectivity index (χ0n) is 16.9. The van der Waals surface area contributed by atoms with Crippen LogP contribution in [0.25, 0.3) is 11.3 Å². The molecule has 0 aliphatic carbocycles. The van der Waals surface area contributed by atoms with E-state index in [9.17, 15) is 27.2 Å². The van der Waals surface area contributed by atoms with E-state index in [0.717, 1.165) is 36.4 Å². The van der Waals surface area contributed by atoms with E-state index in [2.05, 4.69) is 21.9 Å². The highest BCUT2D eigenvalue weighted by Crippen LogP contribution is 2.17. The zero-order valence-corrected chi connectivity index (χ0v) is 16.9. The van der Waals surface area contributed by atoms with Gasteiger partial charge in [0.25, 0.3) is 5.56 Å². The molecule has 0 aliphatic rings. The number of aromatic nitrogens is 2. The van der Waals surface area contributed by atoms with Crippen molar-refractivity contribution in [1.82, 2.24) is 10.2 Å². The highest BCUT2D eigenvalue weighted by molar-refractivity contribution is 6.19. The molecular weight excluding hydrogens is 452 g/mol. The number of hydrogen-bond acceptors (Lipinski definition) is 7. The first-order chi connectivity index (χ1) is 15.5. The Morgan fingerprint density at radius 1 is 0.909 bits per heavy atom. The molecule has 0 unspecified atom stereocenters. The van der Waals surface area contributed by atoms with Crippen LogP contribution >= 0.6 is 0 Å². The number of Topliss-reactive ketones (excluding diaryl/α,β-unsaturated/α-hetero) is 1. The summed E-state index contributed by atoms with van der Waals surface area (Å²) in [6, 6.07) is 8.43. The number of carbonyl (C=O) groups excluding carboxylic acids is 2. The number of halogens is 4. The molecule has 0 bridgehead atoms. The van der Waals surface area contributed by atoms with Crippen molar-refractivity contribution in [3.05, 3.63) is 87.7 Å². The van der Waals surface area contributed by atoms with Crippen molar-refractivity contribution in [2.24, 2.45) is 11.7 Å². The molecule has 0 saturated heterocycles. The number of carboxylic acids is 1. The summed E-state index contributed by atoms with van der Waals surface area (Å²) in [5.74, 6) is 3.41. The van der Waals surface area contributed by atoms with Gasteiger partial charge in [0.1, 0.15) is 23.3 Å². The number of aldehydes is 1. The number of hydrogen-bond donors (Lipinski definition) is 4. The lowest BCUT2D eigenvalue weighted by Crippen LogP contribution is -2.05. The average molecular weight is 470 g/mol. The molecule has 0 radical (unpaired) electrons. The molecule has 2 aromatic carbocycles. The van der Waals surface area contributed by atoms with E-state index in [4.69, 9.17) is 14.7 Å². The Hall–Kier alpha value is -4.23. The third-order valence-corrected chi connectivity index (χ3v) is 3.21. The van der Waals surface area contributed by atoms with Gasteiger partial charge in [0.05, 0.1) is 5.69 Å². The lowest BCUT2D eigenvalue weighted by atomic mass is 10.1. The van der Waals surface area contributed by atoms with Crippen LogP contribution in [-0.2, 0) is 9.59 Å². The van der Waals surface area contributed by atoms with Crippen LogP contribution in [0, 0.1) is 23.3 Å². The molecule has 3 aromatic rings. The van der Waals surface area contributed by atoms with E-state index in [-0.39, 0.29) is 28.8 Å². The standard InChI is InChI=1S/C10H6F2N2O.C8H6F2O.C2H2O3.H4N2/c11-7-3-6(4-8(12)5-7)9-1-2-10(15)14-13-9;1-5(11)6-2-7(9)4-8(10)3-6;3-1-2(4)5;1-2/h1-5H,(H,14,15);2-4H,1H3;1H,(H,4,5);1-2H2. The van der Waals surface area contributed by atoms with Gasteiger partial charge in [-0.1, -0.05) is 0 Å². The third-order valence-electron chi connectivity index (χ3n) is 3.21. The number of nitrogens with two attached hydrogens (primary N) is 2. The van der Waals surface area contributed by atoms with E-state index in [1.807, 2.05) is 0 Å². The summed E-state index contributed by atoms with van der Waals surface area (Å²) < 4.78 is 50.5. The minimum Gasteiger partial charge on any atom is -0.476 e. The number of carboxylic acid groups (broad SMARTS) is 1. The second-order valence-electron chi connectivity index (χ2n) is 5.63. The van der Waals surface area contributed by atoms with E-state index in [1.54, 1.807) is 0 Å². The van der Waals surface area contributed by atoms with Gasteiger partial charge in [0.15, 0.2) is 5.78 Å². The van der Waals surface area contributed by atoms with E-state index in [1.165, 1.54) is 19.1 Å². The molecule has 0 fully saturated rings. The van der Waals surface area contributed by atoms with Crippen LogP contribution in [-0.4, -0.2) is 33.3 Å². The number of nitrogens with one attached hydrogen (secondary N) is 1. The number of carbonyl (C=O) groups is 3. The summed E-state index contributed by atoms with van der Waals surface area (Å²) in [7, 11) is 0. The molecule has 3 rings (SSSR count). The smallest absolute Gasteiger partial charge is 0.368 e. The average Bonchev–Trinajstić information content (AvgIpc) is 2.75. The summed E-state index contributed by atoms with van der Waals surface area (Å²) in [6.45, 7) is 1.26. The molecular formula is C20H18F4N4O5. The first kappa shape index (κ1) is 28.8. The van der Waals surface area contributed by atoms with Crippen molar-refractivity contribution in [1.29, 1.82) is 0 Å². The van der Waals surface area contributed by atoms with Crippen LogP contribution in [0.15, 0.2) is 53.3 Å². The van der Waals surface area contributed by atoms with Gasteiger partial charge >= 0.3 is 5.97 Å². The number of hydrazine groups is 1. The van der Waals surface area contributed by atoms with Crippen molar-refractivity contribution in [3.8, 4) is 11.3 Å². The molecule has 0 amide bonds. The number of aliphatic carboxylic acids is 1. The number of rotatable bonds is 3. The molecule has 176 valence electrons. The van der Waals surface area contributed by atoms with Crippen LogP contribution in [0.5, 0.6) is 0 Å². The van der Waals surface area contributed by atoms with Gasteiger partial charge in [-0.2, -0.15) is 5.10 Å². The quantitative estimate of drug-likeness (QED) is 0.112. The highest BCUT2D eigenvalue weighted by Gasteiger charge is 2.04. The molecule has 33 heavy (non-hydrogen) atoms. The first-order valence-electron chi connectivity index (χ1n) is 8.52. The van der Waals surface area contributed by atoms with Gasteiger partial charge < -0.3 is 5.11 Å². The maximum Gasteiger partial charge on any atom is 0.368 e. The second kappa shape index (κ2) is 14.7. The van der Waals surface area contributed by atoms with E-state index in [0.29, 0.717) is 5.69 Å². The lowest BCUT2D eigenvalue weighted by Gasteiger charge is -1.99. The van der Waals surface area contributed by atoms with Crippen LogP contribution in [0.1, 0.15) is 17.3 Å². The molecule has 0 aliphatic heterocycles. The van der Waals surface area contributed by atoms with Crippen LogP contribution in [0.4, 0.5) is 17.6 Å². The normalized spacial score (nSPS) is 9.06. The maximum atomic E-state index is 12.9. The predicted molar refractivity (Wildman–Crippen MR) is 109 cm³/mol. The Bertz CT molecular complexity index is 1090. The Labute approximate surface area is 183 Å². The number of ketones is 1. The fourth-order valence-electron chi connectivity index (χ4n) is 1.96. The Morgan fingerprint density at radius 2 is 1.33 bits per heavy atom. The summed E-state index contributed by atoms with van der Waals surface area (Å²) in [5.41, 5.74) is 0.287. The fourth-order valence-corrected chi connectivity index (χ4v) is 1.96. The summed E-state index contributed by atoms with van der Waals surface area (Å²) in [4.78, 5) is 39.2. The van der Waals surface area contributed by atoms with Gasteiger partial charge in [-0.25, -0.2) is 27.5 Å². The molecule has 0 atom stereocenters. The minimum absolute atomic E-state index is 0.0579. The Balaban J connectivity index is 0.000000500. The molecule has 0 spiro atoms. The first-order valence-corrected chi connectivity index (χ1v) is 8.52. The van der Waals surface area contributed by atoms with E-state index >= 15 is 0 Å². The Morgan fingerprint density at radius 3 is 1.67 bits per heavy atom. The largest absolute Gasteiger partial charge is 0.476 e. The molecule has 1 aromatic heterocycles. The zero-order chi connectivity index (χ0) is 25.6. The Kier molecular flexibility index (Phi) is 12.8. The van der Waals surface area contributed by atoms with Gasteiger partial charge in [-0.05, 0) is 37.3 Å². The molecule has 9 nitrogen and oxygen atoms in total. The van der Waals surface area contributed by atoms with Crippen molar-refractivity contribution in [3.63, 3.8) is 0 Å². The van der Waals surface area contributed by atoms with Gasteiger partial charge in [0.2, 0.25) is 6.29 Å².